The smallest absolute Gasteiger partial charge is 0.236 e. The summed E-state index contributed by atoms with van der Waals surface area (Å²) in [4.78, 5) is 22.5. The second kappa shape index (κ2) is 5.11. The van der Waals surface area contributed by atoms with Gasteiger partial charge in [0.15, 0.2) is 0 Å². The van der Waals surface area contributed by atoms with E-state index in [1.54, 1.807) is 0 Å². The van der Waals surface area contributed by atoms with E-state index in [9.17, 15) is 9.59 Å². The van der Waals surface area contributed by atoms with Crippen LogP contribution >= 0.6 is 0 Å². The van der Waals surface area contributed by atoms with Gasteiger partial charge in [-0.3, -0.25) is 9.59 Å². The molecule has 0 aromatic heterocycles. The first-order valence-corrected chi connectivity index (χ1v) is 5.38. The molecule has 0 saturated carbocycles. The fourth-order valence-electron chi connectivity index (χ4n) is 1.98. The molecule has 1 heterocycles. The van der Waals surface area contributed by atoms with Crippen LogP contribution in [0, 0.1) is 5.41 Å². The molecule has 5 nitrogen and oxygen atoms in total. The molecule has 0 spiro atoms. The number of rotatable bonds is 4. The first kappa shape index (κ1) is 12.0. The van der Waals surface area contributed by atoms with E-state index in [0.717, 1.165) is 25.8 Å². The van der Waals surface area contributed by atoms with Crippen molar-refractivity contribution >= 4 is 11.8 Å². The number of nitrogens with one attached hydrogen (secondary N) is 2. The van der Waals surface area contributed by atoms with E-state index in [1.807, 2.05) is 6.92 Å². The lowest BCUT2D eigenvalue weighted by Crippen LogP contribution is -2.51. The molecule has 2 amide bonds. The molecule has 1 unspecified atom stereocenters. The second-order valence-corrected chi connectivity index (χ2v) is 4.06. The Morgan fingerprint density at radius 2 is 2.27 bits per heavy atom. The Labute approximate surface area is 89.8 Å². The highest BCUT2D eigenvalue weighted by atomic mass is 16.2. The summed E-state index contributed by atoms with van der Waals surface area (Å²) in [7, 11) is 0. The number of amides is 2. The zero-order valence-corrected chi connectivity index (χ0v) is 9.14. The molecule has 1 rings (SSSR count). The topological polar surface area (TPSA) is 84.2 Å². The third-order valence-electron chi connectivity index (χ3n) is 3.05. The average Bonchev–Trinajstić information content (AvgIpc) is 2.26. The SMILES string of the molecule is CCC1(C(=O)NCC(N)=O)CCCNC1. The summed E-state index contributed by atoms with van der Waals surface area (Å²) >= 11 is 0. The Morgan fingerprint density at radius 3 is 2.73 bits per heavy atom. The van der Waals surface area contributed by atoms with Crippen molar-refractivity contribution in [3.8, 4) is 0 Å². The second-order valence-electron chi connectivity index (χ2n) is 4.06. The van der Waals surface area contributed by atoms with E-state index in [1.165, 1.54) is 0 Å². The number of piperidine rings is 1. The predicted molar refractivity (Wildman–Crippen MR) is 57.0 cm³/mol. The third kappa shape index (κ3) is 2.92. The van der Waals surface area contributed by atoms with Crippen molar-refractivity contribution in [1.82, 2.24) is 10.6 Å². The molecule has 15 heavy (non-hydrogen) atoms. The molecule has 0 radical (unpaired) electrons. The highest BCUT2D eigenvalue weighted by Gasteiger charge is 2.37. The maximum atomic E-state index is 11.9. The van der Waals surface area contributed by atoms with Crippen LogP contribution in [0.1, 0.15) is 26.2 Å². The molecule has 0 aromatic carbocycles. The van der Waals surface area contributed by atoms with E-state index >= 15 is 0 Å². The van der Waals surface area contributed by atoms with Gasteiger partial charge in [0.05, 0.1) is 12.0 Å². The van der Waals surface area contributed by atoms with Crippen molar-refractivity contribution in [2.75, 3.05) is 19.6 Å². The molecule has 86 valence electrons. The minimum absolute atomic E-state index is 0.0593. The lowest BCUT2D eigenvalue weighted by molar-refractivity contribution is -0.134. The van der Waals surface area contributed by atoms with Crippen LogP contribution in [-0.4, -0.2) is 31.4 Å². The number of hydrogen-bond acceptors (Lipinski definition) is 3. The summed E-state index contributed by atoms with van der Waals surface area (Å²) in [6, 6.07) is 0. The molecule has 1 aliphatic heterocycles. The standard InChI is InChI=1S/C10H19N3O2/c1-2-10(4-3-5-12-7-10)9(15)13-6-8(11)14/h12H,2-7H2,1H3,(H2,11,14)(H,13,15). The first-order valence-electron chi connectivity index (χ1n) is 5.38. The van der Waals surface area contributed by atoms with Crippen LogP contribution in [0.2, 0.25) is 0 Å². The van der Waals surface area contributed by atoms with Crippen molar-refractivity contribution in [3.63, 3.8) is 0 Å². The largest absolute Gasteiger partial charge is 0.368 e. The summed E-state index contributed by atoms with van der Waals surface area (Å²) in [6.45, 7) is 3.58. The number of primary amides is 1. The van der Waals surface area contributed by atoms with Crippen molar-refractivity contribution in [3.05, 3.63) is 0 Å². The minimum Gasteiger partial charge on any atom is -0.368 e. The van der Waals surface area contributed by atoms with E-state index < -0.39 is 5.91 Å². The van der Waals surface area contributed by atoms with Gasteiger partial charge in [-0.2, -0.15) is 0 Å². The molecular formula is C10H19N3O2. The van der Waals surface area contributed by atoms with E-state index in [0.29, 0.717) is 6.54 Å². The monoisotopic (exact) mass is 213 g/mol. The van der Waals surface area contributed by atoms with Gasteiger partial charge in [-0.25, -0.2) is 0 Å². The highest BCUT2D eigenvalue weighted by Crippen LogP contribution is 2.29. The number of hydrogen-bond donors (Lipinski definition) is 3. The molecule has 5 heteroatoms. The van der Waals surface area contributed by atoms with Gasteiger partial charge in [-0.15, -0.1) is 0 Å². The zero-order chi connectivity index (χ0) is 11.3. The molecule has 0 bridgehead atoms. The zero-order valence-electron chi connectivity index (χ0n) is 9.14. The summed E-state index contributed by atoms with van der Waals surface area (Å²) < 4.78 is 0. The van der Waals surface area contributed by atoms with Gasteiger partial charge < -0.3 is 16.4 Å². The van der Waals surface area contributed by atoms with E-state index in [-0.39, 0.29) is 17.9 Å². The summed E-state index contributed by atoms with van der Waals surface area (Å²) in [5, 5.41) is 5.81. The molecule has 0 aliphatic carbocycles. The number of nitrogens with two attached hydrogens (primary N) is 1. The molecule has 1 atom stereocenters. The lowest BCUT2D eigenvalue weighted by atomic mass is 9.77. The Hall–Kier alpha value is -1.10. The molecular weight excluding hydrogens is 194 g/mol. The van der Waals surface area contributed by atoms with Gasteiger partial charge in [-0.1, -0.05) is 6.92 Å². The maximum Gasteiger partial charge on any atom is 0.236 e. The molecule has 4 N–H and O–H groups in total. The third-order valence-corrected chi connectivity index (χ3v) is 3.05. The molecule has 1 saturated heterocycles. The van der Waals surface area contributed by atoms with Crippen LogP contribution < -0.4 is 16.4 Å². The van der Waals surface area contributed by atoms with Crippen LogP contribution in [0.15, 0.2) is 0 Å². The van der Waals surface area contributed by atoms with Crippen LogP contribution in [0.5, 0.6) is 0 Å². The van der Waals surface area contributed by atoms with E-state index in [4.69, 9.17) is 5.73 Å². The average molecular weight is 213 g/mol. The maximum absolute atomic E-state index is 11.9. The van der Waals surface area contributed by atoms with Gasteiger partial charge in [0.25, 0.3) is 0 Å². The molecule has 1 aliphatic rings. The van der Waals surface area contributed by atoms with Crippen molar-refractivity contribution in [2.24, 2.45) is 11.1 Å². The van der Waals surface area contributed by atoms with Crippen molar-refractivity contribution in [2.45, 2.75) is 26.2 Å². The van der Waals surface area contributed by atoms with Gasteiger partial charge in [0, 0.05) is 6.54 Å². The lowest BCUT2D eigenvalue weighted by Gasteiger charge is -2.35. The fourth-order valence-corrected chi connectivity index (χ4v) is 1.98. The van der Waals surface area contributed by atoms with Crippen molar-refractivity contribution in [1.29, 1.82) is 0 Å². The van der Waals surface area contributed by atoms with E-state index in [2.05, 4.69) is 10.6 Å². The quantitative estimate of drug-likeness (QED) is 0.581. The summed E-state index contributed by atoms with van der Waals surface area (Å²) in [6.07, 6.45) is 2.66. The fraction of sp³-hybridized carbons (Fsp3) is 0.800. The van der Waals surface area contributed by atoms with Gasteiger partial charge >= 0.3 is 0 Å². The van der Waals surface area contributed by atoms with Crippen LogP contribution in [0.3, 0.4) is 0 Å². The van der Waals surface area contributed by atoms with Crippen LogP contribution in [0.4, 0.5) is 0 Å². The first-order chi connectivity index (χ1) is 7.10. The van der Waals surface area contributed by atoms with Crippen LogP contribution in [-0.2, 0) is 9.59 Å². The number of carbonyl (C=O) groups excluding carboxylic acids is 2. The van der Waals surface area contributed by atoms with Gasteiger partial charge in [0.1, 0.15) is 0 Å². The molecule has 0 aromatic rings. The molecule has 1 fully saturated rings. The Kier molecular flexibility index (Phi) is 4.08. The summed E-state index contributed by atoms with van der Waals surface area (Å²) in [5.41, 5.74) is 4.63. The Bertz CT molecular complexity index is 247. The van der Waals surface area contributed by atoms with Gasteiger partial charge in [0.2, 0.25) is 11.8 Å². The van der Waals surface area contributed by atoms with Crippen LogP contribution in [0.25, 0.3) is 0 Å². The predicted octanol–water partition coefficient (Wildman–Crippen LogP) is -0.632. The Morgan fingerprint density at radius 1 is 1.53 bits per heavy atom. The van der Waals surface area contributed by atoms with Crippen molar-refractivity contribution < 1.29 is 9.59 Å². The number of carbonyl (C=O) groups is 2. The Balaban J connectivity index is 2.55. The summed E-state index contributed by atoms with van der Waals surface area (Å²) in [5.74, 6) is -0.561. The minimum atomic E-state index is -0.502. The normalized spacial score (nSPS) is 25.9. The highest BCUT2D eigenvalue weighted by molar-refractivity contribution is 5.87. The van der Waals surface area contributed by atoms with Gasteiger partial charge in [-0.05, 0) is 25.8 Å².